The number of imide groups is 1. The van der Waals surface area contributed by atoms with E-state index in [9.17, 15) is 9.59 Å². The quantitative estimate of drug-likeness (QED) is 0.433. The number of carbonyl (C=O) groups is 2. The van der Waals surface area contributed by atoms with Crippen LogP contribution in [0.4, 0.5) is 0 Å². The number of nitrogens with zero attached hydrogens (tertiary/aromatic N) is 1. The summed E-state index contributed by atoms with van der Waals surface area (Å²) in [6, 6.07) is 0. The molecular weight excluding hydrogens is 190 g/mol. The summed E-state index contributed by atoms with van der Waals surface area (Å²) < 4.78 is 0. The van der Waals surface area contributed by atoms with E-state index in [1.54, 1.807) is 7.05 Å². The molecule has 0 aromatic rings. The maximum absolute atomic E-state index is 11.6. The first-order valence-corrected chi connectivity index (χ1v) is 5.02. The van der Waals surface area contributed by atoms with Gasteiger partial charge in [0.25, 0.3) is 0 Å². The van der Waals surface area contributed by atoms with E-state index in [0.29, 0.717) is 0 Å². The summed E-state index contributed by atoms with van der Waals surface area (Å²) in [6.07, 6.45) is 2.64. The van der Waals surface area contributed by atoms with Gasteiger partial charge >= 0.3 is 0 Å². The van der Waals surface area contributed by atoms with Crippen molar-refractivity contribution in [1.29, 1.82) is 0 Å². The molecule has 0 aromatic heterocycles. The molecule has 0 aromatic carbocycles. The van der Waals surface area contributed by atoms with Crippen molar-refractivity contribution in [3.05, 3.63) is 0 Å². The highest BCUT2D eigenvalue weighted by molar-refractivity contribution is 6.23. The minimum Gasteiger partial charge on any atom is -0.285 e. The van der Waals surface area contributed by atoms with Gasteiger partial charge in [0.2, 0.25) is 11.8 Å². The van der Waals surface area contributed by atoms with E-state index in [0.717, 1.165) is 19.3 Å². The average molecular weight is 202 g/mol. The zero-order valence-electron chi connectivity index (χ0n) is 7.50. The highest BCUT2D eigenvalue weighted by Gasteiger charge is 2.50. The predicted octanol–water partition coefficient (Wildman–Crippen LogP) is 1.01. The van der Waals surface area contributed by atoms with Crippen molar-refractivity contribution in [2.75, 3.05) is 7.05 Å². The number of hydrogen-bond donors (Lipinski definition) is 0. The van der Waals surface area contributed by atoms with Crippen LogP contribution in [-0.4, -0.2) is 29.1 Å². The molecule has 1 saturated carbocycles. The molecule has 2 rings (SSSR count). The molecule has 0 spiro atoms. The third kappa shape index (κ3) is 1.17. The molecule has 3 nitrogen and oxygen atoms in total. The van der Waals surface area contributed by atoms with Crippen LogP contribution in [0.3, 0.4) is 0 Å². The lowest BCUT2D eigenvalue weighted by Gasteiger charge is -2.25. The summed E-state index contributed by atoms with van der Waals surface area (Å²) in [5.41, 5.74) is 0. The van der Waals surface area contributed by atoms with Gasteiger partial charge in [0.05, 0.1) is 11.8 Å². The van der Waals surface area contributed by atoms with Crippen LogP contribution in [0.1, 0.15) is 19.3 Å². The van der Waals surface area contributed by atoms with Gasteiger partial charge in [-0.3, -0.25) is 14.5 Å². The Morgan fingerprint density at radius 3 is 2.62 bits per heavy atom. The Balaban J connectivity index is 2.29. The molecular formula is C9H12ClNO2. The molecule has 1 aliphatic heterocycles. The Kier molecular flexibility index (Phi) is 2.06. The molecule has 1 heterocycles. The first kappa shape index (κ1) is 9.00. The molecule has 4 heteroatoms. The third-order valence-corrected chi connectivity index (χ3v) is 3.57. The van der Waals surface area contributed by atoms with Crippen LogP contribution < -0.4 is 0 Å². The lowest BCUT2D eigenvalue weighted by molar-refractivity contribution is -0.138. The second-order valence-corrected chi connectivity index (χ2v) is 4.38. The van der Waals surface area contributed by atoms with Crippen LogP contribution >= 0.6 is 11.6 Å². The minimum absolute atomic E-state index is 0.0413. The van der Waals surface area contributed by atoms with E-state index in [1.165, 1.54) is 4.90 Å². The lowest BCUT2D eigenvalue weighted by atomic mass is 9.81. The van der Waals surface area contributed by atoms with E-state index in [4.69, 9.17) is 11.6 Å². The van der Waals surface area contributed by atoms with E-state index in [1.807, 2.05) is 0 Å². The molecule has 0 bridgehead atoms. The standard InChI is InChI=1S/C9H12ClNO2/c1-11-8(12)5-3-2-4-6(10)7(5)9(11)13/h5-7H,2-4H2,1H3. The zero-order chi connectivity index (χ0) is 9.59. The largest absolute Gasteiger partial charge is 0.285 e. The number of amides is 2. The number of fused-ring (bicyclic) bond motifs is 1. The molecule has 3 atom stereocenters. The molecule has 72 valence electrons. The van der Waals surface area contributed by atoms with Crippen LogP contribution in [0, 0.1) is 11.8 Å². The Hall–Kier alpha value is -0.570. The zero-order valence-corrected chi connectivity index (χ0v) is 8.25. The average Bonchev–Trinajstić information content (AvgIpc) is 2.33. The normalized spacial score (nSPS) is 39.5. The Morgan fingerprint density at radius 1 is 1.31 bits per heavy atom. The van der Waals surface area contributed by atoms with E-state index in [2.05, 4.69) is 0 Å². The van der Waals surface area contributed by atoms with Crippen molar-refractivity contribution in [1.82, 2.24) is 4.90 Å². The Morgan fingerprint density at radius 2 is 2.00 bits per heavy atom. The second-order valence-electron chi connectivity index (χ2n) is 3.81. The number of hydrogen-bond acceptors (Lipinski definition) is 2. The topological polar surface area (TPSA) is 37.4 Å². The van der Waals surface area contributed by atoms with Gasteiger partial charge in [0.1, 0.15) is 0 Å². The maximum Gasteiger partial charge on any atom is 0.234 e. The van der Waals surface area contributed by atoms with E-state index in [-0.39, 0.29) is 29.0 Å². The molecule has 3 unspecified atom stereocenters. The van der Waals surface area contributed by atoms with Crippen LogP contribution in [-0.2, 0) is 9.59 Å². The van der Waals surface area contributed by atoms with Crippen LogP contribution in [0.2, 0.25) is 0 Å². The number of halogens is 1. The van der Waals surface area contributed by atoms with Gasteiger partial charge in [-0.2, -0.15) is 0 Å². The molecule has 13 heavy (non-hydrogen) atoms. The number of carbonyl (C=O) groups excluding carboxylic acids is 2. The van der Waals surface area contributed by atoms with Crippen molar-refractivity contribution in [3.8, 4) is 0 Å². The monoisotopic (exact) mass is 201 g/mol. The summed E-state index contributed by atoms with van der Waals surface area (Å²) in [7, 11) is 1.55. The van der Waals surface area contributed by atoms with Crippen LogP contribution in [0.5, 0.6) is 0 Å². The number of likely N-dealkylation sites (tertiary alicyclic amines) is 1. The van der Waals surface area contributed by atoms with Gasteiger partial charge in [-0.25, -0.2) is 0 Å². The summed E-state index contributed by atoms with van der Waals surface area (Å²) >= 11 is 6.04. The summed E-state index contributed by atoms with van der Waals surface area (Å²) in [4.78, 5) is 24.4. The summed E-state index contributed by atoms with van der Waals surface area (Å²) in [6.45, 7) is 0. The van der Waals surface area contributed by atoms with Crippen molar-refractivity contribution in [2.24, 2.45) is 11.8 Å². The first-order valence-electron chi connectivity index (χ1n) is 4.58. The van der Waals surface area contributed by atoms with E-state index >= 15 is 0 Å². The first-order chi connectivity index (χ1) is 6.13. The SMILES string of the molecule is CN1C(=O)C2CCCC(Cl)C2C1=O. The highest BCUT2D eigenvalue weighted by Crippen LogP contribution is 2.39. The maximum atomic E-state index is 11.6. The molecule has 2 amide bonds. The third-order valence-electron chi connectivity index (χ3n) is 3.08. The van der Waals surface area contributed by atoms with Crippen molar-refractivity contribution < 1.29 is 9.59 Å². The molecule has 0 radical (unpaired) electrons. The van der Waals surface area contributed by atoms with Gasteiger partial charge in [0.15, 0.2) is 0 Å². The summed E-state index contributed by atoms with van der Waals surface area (Å²) in [5.74, 6) is -0.503. The Labute approximate surface area is 82.0 Å². The summed E-state index contributed by atoms with van der Waals surface area (Å²) in [5, 5.41) is -0.139. The molecule has 1 aliphatic carbocycles. The van der Waals surface area contributed by atoms with Crippen LogP contribution in [0.15, 0.2) is 0 Å². The van der Waals surface area contributed by atoms with Crippen molar-refractivity contribution in [2.45, 2.75) is 24.6 Å². The highest BCUT2D eigenvalue weighted by atomic mass is 35.5. The lowest BCUT2D eigenvalue weighted by Crippen LogP contribution is -2.31. The second kappa shape index (κ2) is 2.98. The predicted molar refractivity (Wildman–Crippen MR) is 48.2 cm³/mol. The fourth-order valence-electron chi connectivity index (χ4n) is 2.33. The smallest absolute Gasteiger partial charge is 0.234 e. The minimum atomic E-state index is -0.243. The van der Waals surface area contributed by atoms with Crippen LogP contribution in [0.25, 0.3) is 0 Å². The van der Waals surface area contributed by atoms with Gasteiger partial charge < -0.3 is 0 Å². The van der Waals surface area contributed by atoms with Gasteiger partial charge in [0, 0.05) is 12.4 Å². The fourth-order valence-corrected chi connectivity index (χ4v) is 2.77. The number of alkyl halides is 1. The fraction of sp³-hybridized carbons (Fsp3) is 0.778. The molecule has 2 fully saturated rings. The van der Waals surface area contributed by atoms with E-state index < -0.39 is 0 Å². The molecule has 0 N–H and O–H groups in total. The molecule has 1 saturated heterocycles. The Bertz CT molecular complexity index is 266. The van der Waals surface area contributed by atoms with Crippen molar-refractivity contribution >= 4 is 23.4 Å². The molecule has 2 aliphatic rings. The van der Waals surface area contributed by atoms with Gasteiger partial charge in [-0.05, 0) is 12.8 Å². The van der Waals surface area contributed by atoms with Crippen molar-refractivity contribution in [3.63, 3.8) is 0 Å². The number of rotatable bonds is 0. The van der Waals surface area contributed by atoms with Gasteiger partial charge in [-0.15, -0.1) is 11.6 Å². The van der Waals surface area contributed by atoms with Gasteiger partial charge in [-0.1, -0.05) is 6.42 Å².